The number of nitrogens with zero attached hydrogens (tertiary/aromatic N) is 2. The molecule has 0 saturated carbocycles. The highest BCUT2D eigenvalue weighted by molar-refractivity contribution is 6.31. The summed E-state index contributed by atoms with van der Waals surface area (Å²) in [4.78, 5) is 30.9. The molecular formula is C20H16ClN3O2. The number of pyridine rings is 1. The standard InChI is InChI=1S/C20H16ClN3O2/c21-14-7-8-16(18(11-14)24-9-3-6-19(24)25)20(26)23-15-10-13-4-1-2-5-17(13)22-12-15/h1-2,4-5,7-8,10-12H,3,6,9H2,(H,23,26). The van der Waals surface area contributed by atoms with Gasteiger partial charge in [-0.3, -0.25) is 14.6 Å². The van der Waals surface area contributed by atoms with Crippen LogP contribution in [0.25, 0.3) is 10.9 Å². The number of halogens is 1. The van der Waals surface area contributed by atoms with Crippen molar-refractivity contribution >= 4 is 45.7 Å². The van der Waals surface area contributed by atoms with Crippen molar-refractivity contribution in [3.8, 4) is 0 Å². The molecule has 2 amide bonds. The van der Waals surface area contributed by atoms with Crippen molar-refractivity contribution in [3.63, 3.8) is 0 Å². The first kappa shape index (κ1) is 16.5. The van der Waals surface area contributed by atoms with Crippen LogP contribution in [-0.2, 0) is 4.79 Å². The predicted octanol–water partition coefficient (Wildman–Crippen LogP) is 4.27. The molecule has 1 N–H and O–H groups in total. The molecule has 0 bridgehead atoms. The van der Waals surface area contributed by atoms with Gasteiger partial charge >= 0.3 is 0 Å². The highest BCUT2D eigenvalue weighted by Gasteiger charge is 2.26. The van der Waals surface area contributed by atoms with E-state index in [0.29, 0.717) is 34.9 Å². The highest BCUT2D eigenvalue weighted by Crippen LogP contribution is 2.29. The zero-order valence-corrected chi connectivity index (χ0v) is 14.7. The van der Waals surface area contributed by atoms with Gasteiger partial charge in [0.25, 0.3) is 5.91 Å². The van der Waals surface area contributed by atoms with Crippen LogP contribution < -0.4 is 10.2 Å². The number of nitrogens with one attached hydrogen (secondary N) is 1. The second kappa shape index (κ2) is 6.77. The Bertz CT molecular complexity index is 1020. The fraction of sp³-hybridized carbons (Fsp3) is 0.150. The van der Waals surface area contributed by atoms with Crippen LogP contribution in [0.3, 0.4) is 0 Å². The Labute approximate surface area is 155 Å². The van der Waals surface area contributed by atoms with Crippen LogP contribution in [0, 0.1) is 0 Å². The SMILES string of the molecule is O=C(Nc1cnc2ccccc2c1)c1ccc(Cl)cc1N1CCCC1=O. The van der Waals surface area contributed by atoms with E-state index in [2.05, 4.69) is 10.3 Å². The summed E-state index contributed by atoms with van der Waals surface area (Å²) >= 11 is 6.09. The Morgan fingerprint density at radius 3 is 2.81 bits per heavy atom. The van der Waals surface area contributed by atoms with Gasteiger partial charge in [-0.2, -0.15) is 0 Å². The lowest BCUT2D eigenvalue weighted by Crippen LogP contribution is -2.27. The molecule has 0 aliphatic carbocycles. The number of aromatic nitrogens is 1. The van der Waals surface area contributed by atoms with Gasteiger partial charge in [0.2, 0.25) is 5.91 Å². The van der Waals surface area contributed by atoms with Gasteiger partial charge in [0.1, 0.15) is 0 Å². The van der Waals surface area contributed by atoms with Crippen LogP contribution in [0.4, 0.5) is 11.4 Å². The first-order valence-corrected chi connectivity index (χ1v) is 8.76. The van der Waals surface area contributed by atoms with Crippen molar-refractivity contribution in [2.24, 2.45) is 0 Å². The van der Waals surface area contributed by atoms with Crippen molar-refractivity contribution in [2.45, 2.75) is 12.8 Å². The van der Waals surface area contributed by atoms with E-state index < -0.39 is 0 Å². The summed E-state index contributed by atoms with van der Waals surface area (Å²) in [5.74, 6) is -0.290. The smallest absolute Gasteiger partial charge is 0.257 e. The van der Waals surface area contributed by atoms with Gasteiger partial charge < -0.3 is 10.2 Å². The van der Waals surface area contributed by atoms with E-state index in [9.17, 15) is 9.59 Å². The van der Waals surface area contributed by atoms with E-state index in [1.54, 1.807) is 29.3 Å². The van der Waals surface area contributed by atoms with Gasteiger partial charge in [-0.1, -0.05) is 29.8 Å². The fourth-order valence-electron chi connectivity index (χ4n) is 3.16. The van der Waals surface area contributed by atoms with Gasteiger partial charge in [0.15, 0.2) is 0 Å². The maximum absolute atomic E-state index is 12.8. The molecule has 1 aliphatic rings. The Morgan fingerprint density at radius 2 is 2.00 bits per heavy atom. The number of anilines is 2. The second-order valence-corrected chi connectivity index (χ2v) is 6.62. The predicted molar refractivity (Wildman–Crippen MR) is 103 cm³/mol. The van der Waals surface area contributed by atoms with Gasteiger partial charge in [0, 0.05) is 23.4 Å². The number of para-hydroxylation sites is 1. The number of fused-ring (bicyclic) bond motifs is 1. The van der Waals surface area contributed by atoms with Gasteiger partial charge in [-0.25, -0.2) is 0 Å². The molecule has 3 aromatic rings. The number of amides is 2. The lowest BCUT2D eigenvalue weighted by Gasteiger charge is -2.19. The van der Waals surface area contributed by atoms with E-state index in [-0.39, 0.29) is 11.8 Å². The Kier molecular flexibility index (Phi) is 4.31. The molecule has 0 unspecified atom stereocenters. The number of benzene rings is 2. The number of hydrogen-bond donors (Lipinski definition) is 1. The molecular weight excluding hydrogens is 350 g/mol. The lowest BCUT2D eigenvalue weighted by atomic mass is 10.1. The second-order valence-electron chi connectivity index (χ2n) is 6.18. The third kappa shape index (κ3) is 3.13. The van der Waals surface area contributed by atoms with Crippen LogP contribution in [0.5, 0.6) is 0 Å². The van der Waals surface area contributed by atoms with Gasteiger partial charge in [0.05, 0.1) is 28.7 Å². The molecule has 1 aliphatic heterocycles. The number of rotatable bonds is 3. The Morgan fingerprint density at radius 1 is 1.15 bits per heavy atom. The molecule has 0 radical (unpaired) electrons. The quantitative estimate of drug-likeness (QED) is 0.754. The van der Waals surface area contributed by atoms with Crippen LogP contribution >= 0.6 is 11.6 Å². The summed E-state index contributed by atoms with van der Waals surface area (Å²) < 4.78 is 0. The van der Waals surface area contributed by atoms with Crippen LogP contribution in [0.15, 0.2) is 54.7 Å². The summed E-state index contributed by atoms with van der Waals surface area (Å²) in [6.07, 6.45) is 2.89. The molecule has 4 rings (SSSR count). The topological polar surface area (TPSA) is 62.3 Å². The third-order valence-electron chi connectivity index (χ3n) is 4.42. The minimum absolute atomic E-state index is 0.00804. The fourth-order valence-corrected chi connectivity index (χ4v) is 3.33. The largest absolute Gasteiger partial charge is 0.321 e. The van der Waals surface area contributed by atoms with Gasteiger partial charge in [-0.05, 0) is 36.8 Å². The molecule has 0 spiro atoms. The maximum atomic E-state index is 12.8. The molecule has 6 heteroatoms. The van der Waals surface area contributed by atoms with Crippen molar-refractivity contribution in [1.29, 1.82) is 0 Å². The molecule has 2 heterocycles. The van der Waals surface area contributed by atoms with E-state index in [1.165, 1.54) is 0 Å². The summed E-state index contributed by atoms with van der Waals surface area (Å²) in [7, 11) is 0. The molecule has 26 heavy (non-hydrogen) atoms. The highest BCUT2D eigenvalue weighted by atomic mass is 35.5. The summed E-state index contributed by atoms with van der Waals surface area (Å²) in [5.41, 5.74) is 2.42. The van der Waals surface area contributed by atoms with Crippen LogP contribution in [0.1, 0.15) is 23.2 Å². The number of carbonyl (C=O) groups is 2. The average molecular weight is 366 g/mol. The summed E-state index contributed by atoms with van der Waals surface area (Å²) in [5, 5.41) is 4.30. The summed E-state index contributed by atoms with van der Waals surface area (Å²) in [6.45, 7) is 0.594. The van der Waals surface area contributed by atoms with Crippen molar-refractivity contribution < 1.29 is 9.59 Å². The monoisotopic (exact) mass is 365 g/mol. The first-order chi connectivity index (χ1) is 12.6. The third-order valence-corrected chi connectivity index (χ3v) is 4.65. The average Bonchev–Trinajstić information content (AvgIpc) is 3.07. The van der Waals surface area contributed by atoms with Gasteiger partial charge in [-0.15, -0.1) is 0 Å². The molecule has 1 aromatic heterocycles. The Balaban J connectivity index is 1.66. The van der Waals surface area contributed by atoms with E-state index in [1.807, 2.05) is 30.3 Å². The van der Waals surface area contributed by atoms with E-state index in [0.717, 1.165) is 17.3 Å². The minimum Gasteiger partial charge on any atom is -0.321 e. The zero-order chi connectivity index (χ0) is 18.1. The normalized spacial score (nSPS) is 14.0. The van der Waals surface area contributed by atoms with Crippen LogP contribution in [-0.4, -0.2) is 23.3 Å². The van der Waals surface area contributed by atoms with Crippen molar-refractivity contribution in [3.05, 3.63) is 65.3 Å². The molecule has 1 fully saturated rings. The Hall–Kier alpha value is -2.92. The number of carbonyl (C=O) groups excluding carboxylic acids is 2. The first-order valence-electron chi connectivity index (χ1n) is 8.38. The summed E-state index contributed by atoms with van der Waals surface area (Å²) in [6, 6.07) is 14.5. The molecule has 5 nitrogen and oxygen atoms in total. The molecule has 0 atom stereocenters. The van der Waals surface area contributed by atoms with E-state index >= 15 is 0 Å². The van der Waals surface area contributed by atoms with Crippen LogP contribution in [0.2, 0.25) is 5.02 Å². The number of hydrogen-bond acceptors (Lipinski definition) is 3. The van der Waals surface area contributed by atoms with Crippen molar-refractivity contribution in [1.82, 2.24) is 4.98 Å². The molecule has 1 saturated heterocycles. The minimum atomic E-state index is -0.298. The lowest BCUT2D eigenvalue weighted by molar-refractivity contribution is -0.117. The van der Waals surface area contributed by atoms with E-state index in [4.69, 9.17) is 11.6 Å². The maximum Gasteiger partial charge on any atom is 0.257 e. The zero-order valence-electron chi connectivity index (χ0n) is 13.9. The molecule has 130 valence electrons. The van der Waals surface area contributed by atoms with Crippen molar-refractivity contribution in [2.75, 3.05) is 16.8 Å². The molecule has 2 aromatic carbocycles.